The molecule has 1 aliphatic rings. The van der Waals surface area contributed by atoms with Gasteiger partial charge < -0.3 is 79.0 Å². The number of rotatable bonds is 43. The van der Waals surface area contributed by atoms with E-state index >= 15 is 0 Å². The second kappa shape index (κ2) is 36.2. The van der Waals surface area contributed by atoms with Crippen LogP contribution in [-0.4, -0.2) is 209 Å². The zero-order valence-electron chi connectivity index (χ0n) is 41.3. The zero-order chi connectivity index (χ0) is 51.7. The van der Waals surface area contributed by atoms with Crippen molar-refractivity contribution in [1.29, 1.82) is 0 Å². The number of likely N-dealkylation sites (tertiary alicyclic amines) is 1. The van der Waals surface area contributed by atoms with Crippen molar-refractivity contribution >= 4 is 42.8 Å². The fraction of sp³-hybridized carbons (Fsp3) is 0.800. The molecular formula is C45H79N6O18P. The average molecular weight is 1020 g/mol. The molecule has 4 amide bonds. The number of imidazole rings is 1. The lowest BCUT2D eigenvalue weighted by atomic mass is 9.87. The van der Waals surface area contributed by atoms with E-state index in [1.807, 2.05) is 13.8 Å². The first-order valence-electron chi connectivity index (χ1n) is 23.9. The SMILES string of the molecule is COCCOCCOCCOCCOCCOCCOCCOCCC(=O)N1CCC[C@H]1C(=O)N[C@@H](CC(C)C)C(=O)C[C@@H](Cc1cnc[nH]1)C(=O)N[C@@H](CO)C(=O)C[C@H](C(N)=O)[C@@H](C)CP(=O)(O)O. The van der Waals surface area contributed by atoms with Gasteiger partial charge in [0.25, 0.3) is 0 Å². The third-order valence-electron chi connectivity index (χ3n) is 11.1. The third kappa shape index (κ3) is 27.2. The Morgan fingerprint density at radius 1 is 0.786 bits per heavy atom. The summed E-state index contributed by atoms with van der Waals surface area (Å²) in [7, 11) is -2.95. The molecule has 402 valence electrons. The second-order valence-corrected chi connectivity index (χ2v) is 19.1. The molecule has 25 heteroatoms. The maximum absolute atomic E-state index is 14.0. The number of hydrogen-bond acceptors (Lipinski definition) is 17. The van der Waals surface area contributed by atoms with Crippen molar-refractivity contribution in [3.05, 3.63) is 18.2 Å². The Hall–Kier alpha value is -3.78. The number of primary amides is 1. The molecule has 0 saturated carbocycles. The standard InChI is InChI=1S/C45H79N6O18P/c1-32(2)24-37(40(53)26-34(25-35-28-47-31-48-35)44(57)50-38(29-52)41(54)27-36(43(46)56)33(3)30-70(59,60)61)49-45(58)39-6-5-8-51(39)42(55)7-9-63-12-13-65-16-17-67-20-21-69-23-22-68-19-18-66-15-14-64-11-10-62-4/h28,31-34,36-39,52H,5-27,29-30H2,1-4H3,(H2,46,56)(H,47,48)(H,49,58)(H,50,57)(H2,59,60,61)/t33-,34+,36-,37-,38-,39-/m0/s1. The van der Waals surface area contributed by atoms with Crippen LogP contribution in [-0.2, 0) is 77.6 Å². The number of aromatic nitrogens is 2. The number of ketones is 2. The number of aromatic amines is 1. The van der Waals surface area contributed by atoms with Crippen LogP contribution in [0.1, 0.15) is 65.0 Å². The lowest BCUT2D eigenvalue weighted by Gasteiger charge is -2.28. The highest BCUT2D eigenvalue weighted by atomic mass is 31.2. The Morgan fingerprint density at radius 2 is 1.30 bits per heavy atom. The number of nitrogens with zero attached hydrogens (tertiary/aromatic N) is 2. The van der Waals surface area contributed by atoms with E-state index in [1.54, 1.807) is 7.11 Å². The summed E-state index contributed by atoms with van der Waals surface area (Å²) in [4.78, 5) is 107. The van der Waals surface area contributed by atoms with E-state index in [1.165, 1.54) is 24.3 Å². The molecule has 24 nitrogen and oxygen atoms in total. The summed E-state index contributed by atoms with van der Waals surface area (Å²) in [5.41, 5.74) is 5.94. The summed E-state index contributed by atoms with van der Waals surface area (Å²) < 4.78 is 54.8. The highest BCUT2D eigenvalue weighted by Crippen LogP contribution is 2.39. The summed E-state index contributed by atoms with van der Waals surface area (Å²) in [6.07, 6.45) is 2.30. The molecule has 1 aliphatic heterocycles. The topological polar surface area (TPSA) is 336 Å². The molecule has 1 fully saturated rings. The van der Waals surface area contributed by atoms with E-state index in [9.17, 15) is 48.2 Å². The molecular weight excluding hydrogens is 943 g/mol. The number of Topliss-reactive ketones (excluding diaryl/α,β-unsaturated/α-hetero) is 2. The van der Waals surface area contributed by atoms with Crippen LogP contribution in [0, 0.1) is 23.7 Å². The van der Waals surface area contributed by atoms with Gasteiger partial charge in [-0.05, 0) is 31.1 Å². The van der Waals surface area contributed by atoms with Crippen LogP contribution in [0.5, 0.6) is 0 Å². The Balaban J connectivity index is 1.79. The number of amides is 4. The summed E-state index contributed by atoms with van der Waals surface area (Å²) in [5, 5.41) is 15.4. The van der Waals surface area contributed by atoms with Crippen LogP contribution in [0.2, 0.25) is 0 Å². The van der Waals surface area contributed by atoms with E-state index in [0.717, 1.165) is 0 Å². The monoisotopic (exact) mass is 1020 g/mol. The van der Waals surface area contributed by atoms with E-state index in [4.69, 9.17) is 43.6 Å². The summed E-state index contributed by atoms with van der Waals surface area (Å²) in [5.74, 6) is -7.32. The van der Waals surface area contributed by atoms with Crippen LogP contribution in [0.4, 0.5) is 0 Å². The molecule has 0 unspecified atom stereocenters. The number of carbonyl (C=O) groups is 6. The van der Waals surface area contributed by atoms with Gasteiger partial charge in [0.05, 0.1) is 137 Å². The number of aliphatic hydroxyl groups excluding tert-OH is 1. The van der Waals surface area contributed by atoms with E-state index < -0.39 is 98.4 Å². The summed E-state index contributed by atoms with van der Waals surface area (Å²) in [6, 6.07) is -3.39. The third-order valence-corrected chi connectivity index (χ3v) is 12.2. The molecule has 0 bridgehead atoms. The number of aliphatic hydroxyl groups is 1. The normalized spacial score (nSPS) is 16.2. The largest absolute Gasteiger partial charge is 0.394 e. The minimum absolute atomic E-state index is 0.0303. The molecule has 0 aliphatic carbocycles. The van der Waals surface area contributed by atoms with Crippen molar-refractivity contribution in [2.45, 2.75) is 83.8 Å². The molecule has 70 heavy (non-hydrogen) atoms. The Bertz CT molecular complexity index is 1700. The lowest BCUT2D eigenvalue weighted by Crippen LogP contribution is -2.52. The number of hydrogen-bond donors (Lipinski definition) is 7. The van der Waals surface area contributed by atoms with Crippen LogP contribution in [0.15, 0.2) is 12.5 Å². The van der Waals surface area contributed by atoms with E-state index in [-0.39, 0.29) is 44.3 Å². The van der Waals surface area contributed by atoms with Crippen molar-refractivity contribution in [2.24, 2.45) is 29.4 Å². The molecule has 0 spiro atoms. The minimum Gasteiger partial charge on any atom is -0.394 e. The molecule has 1 saturated heterocycles. The van der Waals surface area contributed by atoms with Crippen LogP contribution in [0.3, 0.4) is 0 Å². The number of nitrogens with two attached hydrogens (primary N) is 1. The van der Waals surface area contributed by atoms with Gasteiger partial charge in [-0.15, -0.1) is 0 Å². The van der Waals surface area contributed by atoms with Gasteiger partial charge in [0, 0.05) is 50.7 Å². The quantitative estimate of drug-likeness (QED) is 0.0322. The number of nitrogens with one attached hydrogen (secondary N) is 3. The van der Waals surface area contributed by atoms with Crippen molar-refractivity contribution < 1.29 is 86.1 Å². The molecule has 2 rings (SSSR count). The van der Waals surface area contributed by atoms with Gasteiger partial charge in [-0.2, -0.15) is 0 Å². The van der Waals surface area contributed by atoms with Crippen molar-refractivity contribution in [2.75, 3.05) is 126 Å². The highest BCUT2D eigenvalue weighted by molar-refractivity contribution is 7.51. The first kappa shape index (κ1) is 62.3. The Kier molecular flexibility index (Phi) is 32.2. The number of carbonyl (C=O) groups excluding carboxylic acids is 6. The zero-order valence-corrected chi connectivity index (χ0v) is 42.2. The van der Waals surface area contributed by atoms with Crippen LogP contribution in [0.25, 0.3) is 0 Å². The van der Waals surface area contributed by atoms with Crippen molar-refractivity contribution in [3.63, 3.8) is 0 Å². The van der Waals surface area contributed by atoms with Crippen molar-refractivity contribution in [1.82, 2.24) is 25.5 Å². The van der Waals surface area contributed by atoms with Gasteiger partial charge >= 0.3 is 7.60 Å². The number of methoxy groups -OCH3 is 1. The molecule has 0 aromatic carbocycles. The first-order chi connectivity index (χ1) is 33.5. The molecule has 0 radical (unpaired) electrons. The van der Waals surface area contributed by atoms with Gasteiger partial charge in [-0.25, -0.2) is 4.98 Å². The fourth-order valence-corrected chi connectivity index (χ4v) is 8.49. The molecule has 1 aromatic heterocycles. The predicted molar refractivity (Wildman–Crippen MR) is 251 cm³/mol. The number of H-pyrrole nitrogens is 1. The highest BCUT2D eigenvalue weighted by Gasteiger charge is 2.38. The van der Waals surface area contributed by atoms with Crippen LogP contribution >= 0.6 is 7.60 Å². The van der Waals surface area contributed by atoms with Crippen LogP contribution < -0.4 is 16.4 Å². The van der Waals surface area contributed by atoms with E-state index in [0.29, 0.717) is 111 Å². The fourth-order valence-electron chi connectivity index (χ4n) is 7.48. The maximum atomic E-state index is 14.0. The summed E-state index contributed by atoms with van der Waals surface area (Å²) >= 11 is 0. The maximum Gasteiger partial charge on any atom is 0.325 e. The second-order valence-electron chi connectivity index (χ2n) is 17.4. The van der Waals surface area contributed by atoms with Crippen molar-refractivity contribution in [3.8, 4) is 0 Å². The Labute approximate surface area is 410 Å². The predicted octanol–water partition coefficient (Wildman–Crippen LogP) is -0.446. The molecule has 8 N–H and O–H groups in total. The smallest absolute Gasteiger partial charge is 0.325 e. The van der Waals surface area contributed by atoms with Gasteiger partial charge in [0.15, 0.2) is 11.6 Å². The van der Waals surface area contributed by atoms with Gasteiger partial charge in [-0.1, -0.05) is 20.8 Å². The minimum atomic E-state index is -4.57. The number of ether oxygens (including phenoxy) is 8. The first-order valence-corrected chi connectivity index (χ1v) is 25.7. The average Bonchev–Trinajstić information content (AvgIpc) is 4.02. The van der Waals surface area contributed by atoms with Gasteiger partial charge in [0.1, 0.15) is 12.1 Å². The molecule has 2 heterocycles. The Morgan fingerprint density at radius 3 is 1.76 bits per heavy atom. The molecule has 6 atom stereocenters. The summed E-state index contributed by atoms with van der Waals surface area (Å²) in [6.45, 7) is 10.7. The van der Waals surface area contributed by atoms with Gasteiger partial charge in [0.2, 0.25) is 23.6 Å². The van der Waals surface area contributed by atoms with Gasteiger partial charge in [-0.3, -0.25) is 33.3 Å². The van der Waals surface area contributed by atoms with E-state index in [2.05, 4.69) is 20.6 Å². The lowest BCUT2D eigenvalue weighted by molar-refractivity contribution is -0.140. The molecule has 1 aromatic rings.